The Morgan fingerprint density at radius 1 is 0.388 bits per heavy atom. The average Bonchev–Trinajstić information content (AvgIpc) is 3.82. The molecule has 2 aromatic heterocycles. The number of furan rings is 2. The first-order chi connectivity index (χ1) is 29.2. The van der Waals surface area contributed by atoms with Crippen molar-refractivity contribution in [1.29, 1.82) is 0 Å². The summed E-state index contributed by atoms with van der Waals surface area (Å²) in [5, 5.41) is 4.88. The molecule has 0 spiro atoms. The highest BCUT2D eigenvalue weighted by Crippen LogP contribution is 2.43. The zero-order chi connectivity index (χ0) is 42.8. The highest BCUT2D eigenvalue weighted by Gasteiger charge is 2.19. The first-order valence-electron chi connectivity index (χ1n) is 21.6. The number of benzene rings is 8. The van der Waals surface area contributed by atoms with Crippen molar-refractivity contribution in [2.24, 2.45) is 0 Å². The van der Waals surface area contributed by atoms with Crippen LogP contribution in [0.15, 0.2) is 184 Å². The fraction of sp³-hybridized carbons (Fsp3) is 0. The van der Waals surface area contributed by atoms with E-state index in [2.05, 4.69) is 0 Å². The predicted octanol–water partition coefficient (Wildman–Crippen LogP) is 13.4. The molecule has 10 aromatic rings. The molecule has 230 valence electrons. The largest absolute Gasteiger partial charge is 0.456 e. The van der Waals surface area contributed by atoms with Gasteiger partial charge < -0.3 is 13.7 Å². The quantitative estimate of drug-likeness (QED) is 0.188. The van der Waals surface area contributed by atoms with Crippen LogP contribution in [0.2, 0.25) is 0 Å². The van der Waals surface area contributed by atoms with E-state index in [1.54, 1.807) is 12.1 Å². The molecule has 0 N–H and O–H groups in total. The maximum Gasteiger partial charge on any atom is 0.137 e. The minimum absolute atomic E-state index is 0.0980. The van der Waals surface area contributed by atoms with Gasteiger partial charge in [0.1, 0.15) is 22.3 Å². The average molecular weight is 640 g/mol. The van der Waals surface area contributed by atoms with E-state index in [4.69, 9.17) is 22.5 Å². The minimum Gasteiger partial charge on any atom is -0.456 e. The molecule has 3 nitrogen and oxygen atoms in total. The molecule has 0 fully saturated rings. The van der Waals surface area contributed by atoms with E-state index in [1.807, 2.05) is 83.8 Å². The molecule has 0 amide bonds. The summed E-state index contributed by atoms with van der Waals surface area (Å²) >= 11 is 0. The summed E-state index contributed by atoms with van der Waals surface area (Å²) in [4.78, 5) is 1.86. The van der Waals surface area contributed by atoms with Crippen LogP contribution < -0.4 is 4.90 Å². The number of nitrogens with zero attached hydrogens (tertiary/aromatic N) is 1. The summed E-state index contributed by atoms with van der Waals surface area (Å²) in [6, 6.07) is 26.1. The van der Waals surface area contributed by atoms with Gasteiger partial charge in [-0.25, -0.2) is 0 Å². The summed E-state index contributed by atoms with van der Waals surface area (Å²) < 4.78 is 114. The van der Waals surface area contributed by atoms with E-state index < -0.39 is 48.3 Å². The molecule has 0 bridgehead atoms. The number of hydrogen-bond acceptors (Lipinski definition) is 3. The van der Waals surface area contributed by atoms with E-state index in [0.29, 0.717) is 45.0 Å². The standard InChI is InChI=1S/C46H29NO2/c1-3-9-30(10-4-1)32-15-19-35(20-16-32)47(37-21-24-40-39-13-7-8-14-42(39)49-45(40)29-37)36-22-26-43-41(28-36)46-38-23-17-33(31-11-5-2-6-12-31)27-34(38)18-25-44(46)48-43/h1-29H/i1D,2D,3D,4D,5D,6D,9D,10D,11D,12D,15D,16D. The molecular weight excluding hydrogens is 599 g/mol. The van der Waals surface area contributed by atoms with Crippen molar-refractivity contribution in [1.82, 2.24) is 0 Å². The molecule has 0 saturated heterocycles. The van der Waals surface area contributed by atoms with E-state index >= 15 is 0 Å². The minimum atomic E-state index is -0.565. The maximum absolute atomic E-state index is 9.18. The van der Waals surface area contributed by atoms with Crippen LogP contribution >= 0.6 is 0 Å². The Morgan fingerprint density at radius 2 is 1.00 bits per heavy atom. The van der Waals surface area contributed by atoms with Crippen LogP contribution in [-0.2, 0) is 0 Å². The zero-order valence-corrected chi connectivity index (χ0v) is 25.6. The van der Waals surface area contributed by atoms with Gasteiger partial charge in [-0.2, -0.15) is 0 Å². The van der Waals surface area contributed by atoms with Gasteiger partial charge in [0.15, 0.2) is 0 Å². The fourth-order valence-corrected chi connectivity index (χ4v) is 6.61. The zero-order valence-electron chi connectivity index (χ0n) is 37.6. The molecule has 10 rings (SSSR count). The SMILES string of the molecule is [2H]c1cc(N(c2ccc3c(c2)oc2ccccc23)c2ccc3oc4ccc5cc(-c6c([2H])c([2H])c([2H])c([2H])c6[2H])ccc5c4c3c2)cc([2H])c1-c1c([2H])c([2H])c([2H])c([2H])c1[2H]. The van der Waals surface area contributed by atoms with Gasteiger partial charge in [-0.1, -0.05) is 109 Å². The molecule has 0 saturated carbocycles. The molecule has 0 radical (unpaired) electrons. The van der Waals surface area contributed by atoms with Gasteiger partial charge in [-0.05, 0) is 93.7 Å². The van der Waals surface area contributed by atoms with Crippen LogP contribution in [0.3, 0.4) is 0 Å². The third-order valence-corrected chi connectivity index (χ3v) is 8.84. The Balaban J connectivity index is 1.18. The van der Waals surface area contributed by atoms with Crippen LogP contribution in [0.4, 0.5) is 17.1 Å². The van der Waals surface area contributed by atoms with Gasteiger partial charge in [0.05, 0.1) is 16.4 Å². The van der Waals surface area contributed by atoms with E-state index in [1.165, 1.54) is 12.1 Å². The van der Waals surface area contributed by atoms with Gasteiger partial charge >= 0.3 is 0 Å². The molecule has 3 heteroatoms. The lowest BCUT2D eigenvalue weighted by atomic mass is 9.98. The first-order valence-corrected chi connectivity index (χ1v) is 15.6. The normalized spacial score (nSPS) is 15.1. The number of anilines is 3. The Morgan fingerprint density at radius 3 is 1.82 bits per heavy atom. The second kappa shape index (κ2) is 11.0. The van der Waals surface area contributed by atoms with Crippen LogP contribution in [0.5, 0.6) is 0 Å². The highest BCUT2D eigenvalue weighted by molar-refractivity contribution is 6.20. The van der Waals surface area contributed by atoms with Gasteiger partial charge in [0.25, 0.3) is 0 Å². The first kappa shape index (κ1) is 18.1. The molecule has 2 heterocycles. The lowest BCUT2D eigenvalue weighted by Gasteiger charge is -2.25. The van der Waals surface area contributed by atoms with E-state index in [-0.39, 0.29) is 40.9 Å². The number of hydrogen-bond donors (Lipinski definition) is 0. The van der Waals surface area contributed by atoms with Crippen molar-refractivity contribution in [3.63, 3.8) is 0 Å². The van der Waals surface area contributed by atoms with Crippen LogP contribution in [0.25, 0.3) is 76.9 Å². The van der Waals surface area contributed by atoms with Crippen LogP contribution in [-0.4, -0.2) is 0 Å². The van der Waals surface area contributed by atoms with Gasteiger partial charge in [0, 0.05) is 44.7 Å². The summed E-state index contributed by atoms with van der Waals surface area (Å²) in [6.45, 7) is 0. The summed E-state index contributed by atoms with van der Waals surface area (Å²) in [5.74, 6) is 0. The fourth-order valence-electron chi connectivity index (χ4n) is 6.61. The molecule has 0 aliphatic rings. The van der Waals surface area contributed by atoms with Crippen molar-refractivity contribution in [3.05, 3.63) is 176 Å². The molecule has 0 atom stereocenters. The Hall–Kier alpha value is -6.58. The molecule has 0 aliphatic heterocycles. The molecular formula is C46H29NO2. The lowest BCUT2D eigenvalue weighted by Crippen LogP contribution is -2.09. The van der Waals surface area contributed by atoms with Gasteiger partial charge in [-0.3, -0.25) is 0 Å². The van der Waals surface area contributed by atoms with Gasteiger partial charge in [0.2, 0.25) is 0 Å². The molecule has 49 heavy (non-hydrogen) atoms. The predicted molar refractivity (Wildman–Crippen MR) is 204 cm³/mol. The second-order valence-corrected chi connectivity index (χ2v) is 11.6. The van der Waals surface area contributed by atoms with Crippen LogP contribution in [0.1, 0.15) is 16.4 Å². The second-order valence-electron chi connectivity index (χ2n) is 11.6. The van der Waals surface area contributed by atoms with Crippen molar-refractivity contribution < 1.29 is 25.3 Å². The van der Waals surface area contributed by atoms with E-state index in [9.17, 15) is 2.74 Å². The highest BCUT2D eigenvalue weighted by atomic mass is 16.3. The third kappa shape index (κ3) is 4.59. The maximum atomic E-state index is 9.18. The van der Waals surface area contributed by atoms with Crippen LogP contribution in [0, 0.1) is 0 Å². The van der Waals surface area contributed by atoms with Crippen molar-refractivity contribution in [2.45, 2.75) is 0 Å². The Kier molecular flexibility index (Phi) is 4.06. The lowest BCUT2D eigenvalue weighted by molar-refractivity contribution is 0.668. The van der Waals surface area contributed by atoms with Crippen molar-refractivity contribution in [3.8, 4) is 22.3 Å². The number of rotatable bonds is 5. The third-order valence-electron chi connectivity index (χ3n) is 8.84. The topological polar surface area (TPSA) is 29.5 Å². The number of fused-ring (bicyclic) bond motifs is 8. The number of para-hydroxylation sites is 1. The van der Waals surface area contributed by atoms with Crippen molar-refractivity contribution >= 4 is 71.7 Å². The molecule has 0 unspecified atom stereocenters. The molecule has 0 aliphatic carbocycles. The monoisotopic (exact) mass is 639 g/mol. The van der Waals surface area contributed by atoms with Gasteiger partial charge in [-0.15, -0.1) is 0 Å². The summed E-state index contributed by atoms with van der Waals surface area (Å²) in [7, 11) is 0. The summed E-state index contributed by atoms with van der Waals surface area (Å²) in [6.07, 6.45) is 0. The smallest absolute Gasteiger partial charge is 0.137 e. The van der Waals surface area contributed by atoms with Crippen molar-refractivity contribution in [2.75, 3.05) is 4.90 Å². The Bertz CT molecular complexity index is 3460. The summed E-state index contributed by atoms with van der Waals surface area (Å²) in [5.41, 5.74) is 4.36. The Labute approximate surface area is 299 Å². The van der Waals surface area contributed by atoms with E-state index in [0.717, 1.165) is 32.3 Å². The molecule has 8 aromatic carbocycles.